The van der Waals surface area contributed by atoms with Gasteiger partial charge in [-0.05, 0) is 74.7 Å². The van der Waals surface area contributed by atoms with Gasteiger partial charge in [0.1, 0.15) is 5.75 Å². The van der Waals surface area contributed by atoms with Crippen LogP contribution >= 0.6 is 0 Å². The summed E-state index contributed by atoms with van der Waals surface area (Å²) in [7, 11) is 0. The number of nitrogens with one attached hydrogen (secondary N) is 1. The van der Waals surface area contributed by atoms with E-state index in [1.54, 1.807) is 0 Å². The molecule has 1 fully saturated rings. The van der Waals surface area contributed by atoms with Crippen LogP contribution in [0.15, 0.2) is 48.8 Å². The second-order valence-electron chi connectivity index (χ2n) is 6.75. The van der Waals surface area contributed by atoms with Crippen molar-refractivity contribution < 1.29 is 9.53 Å². The molecule has 0 saturated carbocycles. The second kappa shape index (κ2) is 9.34. The number of carbonyl (C=O) groups is 1. The van der Waals surface area contributed by atoms with Gasteiger partial charge in [-0.15, -0.1) is 0 Å². The van der Waals surface area contributed by atoms with Crippen LogP contribution in [0, 0.1) is 5.92 Å². The van der Waals surface area contributed by atoms with E-state index in [-0.39, 0.29) is 5.91 Å². The highest BCUT2D eigenvalue weighted by molar-refractivity contribution is 5.94. The standard InChI is InChI=1S/C21H27N3O2/c1-2-26-20-7-5-19(6-8-20)21(25)23-15-17-9-12-24(13-10-17)16-18-4-3-11-22-14-18/h3-8,11,14,17H,2,9-10,12-13,15-16H2,1H3,(H,23,25). The molecule has 1 N–H and O–H groups in total. The Bertz CT molecular complexity index is 680. The number of piperidine rings is 1. The summed E-state index contributed by atoms with van der Waals surface area (Å²) in [5.74, 6) is 1.34. The van der Waals surface area contributed by atoms with E-state index in [9.17, 15) is 4.79 Å². The summed E-state index contributed by atoms with van der Waals surface area (Å²) in [6.45, 7) is 6.41. The van der Waals surface area contributed by atoms with E-state index >= 15 is 0 Å². The zero-order valence-electron chi connectivity index (χ0n) is 15.4. The summed E-state index contributed by atoms with van der Waals surface area (Å²) in [4.78, 5) is 18.9. The number of amides is 1. The van der Waals surface area contributed by atoms with Crippen molar-refractivity contribution in [2.45, 2.75) is 26.3 Å². The molecule has 1 aliphatic heterocycles. The lowest BCUT2D eigenvalue weighted by atomic mass is 9.96. The first-order valence-corrected chi connectivity index (χ1v) is 9.37. The number of hydrogen-bond donors (Lipinski definition) is 1. The maximum absolute atomic E-state index is 12.3. The van der Waals surface area contributed by atoms with Crippen molar-refractivity contribution in [1.29, 1.82) is 0 Å². The number of pyridine rings is 1. The largest absolute Gasteiger partial charge is 0.494 e. The van der Waals surface area contributed by atoms with Crippen molar-refractivity contribution in [2.75, 3.05) is 26.2 Å². The number of likely N-dealkylation sites (tertiary alicyclic amines) is 1. The van der Waals surface area contributed by atoms with Crippen LogP contribution in [0.1, 0.15) is 35.7 Å². The number of aromatic nitrogens is 1. The molecule has 5 nitrogen and oxygen atoms in total. The predicted octanol–water partition coefficient (Wildman–Crippen LogP) is 3.12. The fraction of sp³-hybridized carbons (Fsp3) is 0.429. The van der Waals surface area contributed by atoms with Crippen LogP contribution in [0.2, 0.25) is 0 Å². The van der Waals surface area contributed by atoms with Gasteiger partial charge in [0.2, 0.25) is 0 Å². The molecule has 138 valence electrons. The quantitative estimate of drug-likeness (QED) is 0.831. The molecular weight excluding hydrogens is 326 g/mol. The molecule has 0 bridgehead atoms. The molecule has 1 amide bonds. The number of benzene rings is 1. The lowest BCUT2D eigenvalue weighted by Gasteiger charge is -2.32. The van der Waals surface area contributed by atoms with E-state index in [2.05, 4.69) is 21.3 Å². The van der Waals surface area contributed by atoms with Gasteiger partial charge >= 0.3 is 0 Å². The van der Waals surface area contributed by atoms with Crippen molar-refractivity contribution >= 4 is 5.91 Å². The molecule has 3 rings (SSSR count). The number of rotatable bonds is 7. The average molecular weight is 353 g/mol. The molecule has 0 unspecified atom stereocenters. The first-order chi connectivity index (χ1) is 12.7. The zero-order valence-corrected chi connectivity index (χ0v) is 15.4. The highest BCUT2D eigenvalue weighted by Gasteiger charge is 2.20. The normalized spacial score (nSPS) is 15.6. The van der Waals surface area contributed by atoms with Gasteiger partial charge in [0.05, 0.1) is 6.61 Å². The first-order valence-electron chi connectivity index (χ1n) is 9.37. The van der Waals surface area contributed by atoms with Crippen molar-refractivity contribution in [3.05, 3.63) is 59.9 Å². The molecule has 0 atom stereocenters. The van der Waals surface area contributed by atoms with Gasteiger partial charge in [-0.25, -0.2) is 0 Å². The molecule has 1 aromatic heterocycles. The van der Waals surface area contributed by atoms with E-state index < -0.39 is 0 Å². The number of hydrogen-bond acceptors (Lipinski definition) is 4. The number of ether oxygens (including phenoxy) is 1. The van der Waals surface area contributed by atoms with Crippen molar-refractivity contribution in [1.82, 2.24) is 15.2 Å². The van der Waals surface area contributed by atoms with E-state index in [0.717, 1.165) is 44.8 Å². The number of nitrogens with zero attached hydrogens (tertiary/aromatic N) is 2. The molecule has 2 heterocycles. The minimum Gasteiger partial charge on any atom is -0.494 e. The van der Waals surface area contributed by atoms with E-state index in [1.807, 2.05) is 49.6 Å². The Morgan fingerprint density at radius 3 is 2.65 bits per heavy atom. The summed E-state index contributed by atoms with van der Waals surface area (Å²) in [5, 5.41) is 3.08. The van der Waals surface area contributed by atoms with Crippen LogP contribution in [0.5, 0.6) is 5.75 Å². The smallest absolute Gasteiger partial charge is 0.251 e. The van der Waals surface area contributed by atoms with Gasteiger partial charge in [-0.2, -0.15) is 0 Å². The molecule has 1 saturated heterocycles. The van der Waals surface area contributed by atoms with Gasteiger partial charge in [0.15, 0.2) is 0 Å². The molecule has 0 aliphatic carbocycles. The molecular formula is C21H27N3O2. The summed E-state index contributed by atoms with van der Waals surface area (Å²) in [5.41, 5.74) is 1.94. The van der Waals surface area contributed by atoms with Crippen LogP contribution in [0.3, 0.4) is 0 Å². The second-order valence-corrected chi connectivity index (χ2v) is 6.75. The van der Waals surface area contributed by atoms with Crippen LogP contribution in [-0.2, 0) is 6.54 Å². The van der Waals surface area contributed by atoms with Crippen molar-refractivity contribution in [2.24, 2.45) is 5.92 Å². The van der Waals surface area contributed by atoms with Crippen LogP contribution in [0.25, 0.3) is 0 Å². The maximum atomic E-state index is 12.3. The van der Waals surface area contributed by atoms with Crippen LogP contribution in [0.4, 0.5) is 0 Å². The summed E-state index contributed by atoms with van der Waals surface area (Å²) >= 11 is 0. The zero-order chi connectivity index (χ0) is 18.2. The SMILES string of the molecule is CCOc1ccc(C(=O)NCC2CCN(Cc3cccnc3)CC2)cc1. The molecule has 26 heavy (non-hydrogen) atoms. The van der Waals surface area contributed by atoms with Gasteiger partial charge < -0.3 is 10.1 Å². The summed E-state index contributed by atoms with van der Waals surface area (Å²) < 4.78 is 5.41. The van der Waals surface area contributed by atoms with E-state index in [1.165, 1.54) is 5.56 Å². The lowest BCUT2D eigenvalue weighted by Crippen LogP contribution is -2.38. The topological polar surface area (TPSA) is 54.5 Å². The summed E-state index contributed by atoms with van der Waals surface area (Å²) in [6.07, 6.45) is 5.97. The Balaban J connectivity index is 1.40. The van der Waals surface area contributed by atoms with Crippen LogP contribution < -0.4 is 10.1 Å². The highest BCUT2D eigenvalue weighted by atomic mass is 16.5. The van der Waals surface area contributed by atoms with Gasteiger partial charge in [-0.3, -0.25) is 14.7 Å². The van der Waals surface area contributed by atoms with Crippen LogP contribution in [-0.4, -0.2) is 42.0 Å². The van der Waals surface area contributed by atoms with Gasteiger partial charge in [0.25, 0.3) is 5.91 Å². The van der Waals surface area contributed by atoms with Crippen molar-refractivity contribution in [3.63, 3.8) is 0 Å². The fourth-order valence-electron chi connectivity index (χ4n) is 3.31. The van der Waals surface area contributed by atoms with E-state index in [4.69, 9.17) is 4.74 Å². The first kappa shape index (κ1) is 18.4. The summed E-state index contributed by atoms with van der Waals surface area (Å²) in [6, 6.07) is 11.4. The molecule has 5 heteroatoms. The Morgan fingerprint density at radius 2 is 2.00 bits per heavy atom. The molecule has 0 spiro atoms. The van der Waals surface area contributed by atoms with Crippen molar-refractivity contribution in [3.8, 4) is 5.75 Å². The molecule has 1 aromatic carbocycles. The van der Waals surface area contributed by atoms with E-state index in [0.29, 0.717) is 18.1 Å². The van der Waals surface area contributed by atoms with Gasteiger partial charge in [-0.1, -0.05) is 6.07 Å². The van der Waals surface area contributed by atoms with Gasteiger partial charge in [0, 0.05) is 31.0 Å². The maximum Gasteiger partial charge on any atom is 0.251 e. The Hall–Kier alpha value is -2.40. The highest BCUT2D eigenvalue weighted by Crippen LogP contribution is 2.18. The molecule has 0 radical (unpaired) electrons. The molecule has 1 aliphatic rings. The minimum atomic E-state index is -0.00848. The number of carbonyl (C=O) groups excluding carboxylic acids is 1. The third-order valence-corrected chi connectivity index (χ3v) is 4.81. The third kappa shape index (κ3) is 5.30. The lowest BCUT2D eigenvalue weighted by molar-refractivity contribution is 0.0935. The Labute approximate surface area is 155 Å². The Morgan fingerprint density at radius 1 is 1.23 bits per heavy atom. The Kier molecular flexibility index (Phi) is 6.61. The fourth-order valence-corrected chi connectivity index (χ4v) is 3.31. The average Bonchev–Trinajstić information content (AvgIpc) is 2.69. The molecule has 2 aromatic rings. The third-order valence-electron chi connectivity index (χ3n) is 4.81. The predicted molar refractivity (Wildman–Crippen MR) is 102 cm³/mol. The monoisotopic (exact) mass is 353 g/mol. The minimum absolute atomic E-state index is 0.00848.